The van der Waals surface area contributed by atoms with E-state index in [1.54, 1.807) is 7.05 Å². The van der Waals surface area contributed by atoms with Crippen LogP contribution in [0, 0.1) is 0 Å². The number of aliphatic carboxylic acids is 1. The molecule has 2 rings (SSSR count). The summed E-state index contributed by atoms with van der Waals surface area (Å²) in [5, 5.41) is 16.6. The number of carbonyl (C=O) groups is 2. The van der Waals surface area contributed by atoms with E-state index in [0.717, 1.165) is 12.8 Å². The first kappa shape index (κ1) is 13.9. The van der Waals surface area contributed by atoms with E-state index >= 15 is 0 Å². The number of carboxylic acids is 1. The average molecular weight is 284 g/mol. The van der Waals surface area contributed by atoms with Gasteiger partial charge in [-0.1, -0.05) is 18.6 Å². The molecule has 1 amide bonds. The lowest BCUT2D eigenvalue weighted by Gasteiger charge is -2.26. The van der Waals surface area contributed by atoms with E-state index in [1.165, 1.54) is 27.5 Å². The number of carboxylic acid groups (broad SMARTS) is 1. The molecule has 0 saturated carbocycles. The zero-order chi connectivity index (χ0) is 14.0. The summed E-state index contributed by atoms with van der Waals surface area (Å²) in [6, 6.07) is -0.781. The summed E-state index contributed by atoms with van der Waals surface area (Å²) in [5.41, 5.74) is 0.192. The van der Waals surface area contributed by atoms with Crippen LogP contribution in [0.5, 0.6) is 0 Å². The third kappa shape index (κ3) is 2.73. The first-order valence-corrected chi connectivity index (χ1v) is 7.12. The van der Waals surface area contributed by atoms with E-state index < -0.39 is 12.0 Å². The molecule has 1 aromatic heterocycles. The van der Waals surface area contributed by atoms with Gasteiger partial charge in [-0.05, 0) is 6.42 Å². The number of hydrogen-bond acceptors (Lipinski definition) is 5. The molecule has 1 aliphatic heterocycles. The topological polar surface area (TPSA) is 88.3 Å². The van der Waals surface area contributed by atoms with Crippen LogP contribution in [0.15, 0.2) is 6.20 Å². The highest BCUT2D eigenvalue weighted by Crippen LogP contribution is 2.33. The summed E-state index contributed by atoms with van der Waals surface area (Å²) in [6.45, 7) is 2.01. The number of thioether (sulfide) groups is 1. The fraction of sp³-hybridized carbons (Fsp3) is 0.636. The zero-order valence-electron chi connectivity index (χ0n) is 10.8. The van der Waals surface area contributed by atoms with Crippen molar-refractivity contribution in [3.8, 4) is 0 Å². The number of aromatic nitrogens is 3. The van der Waals surface area contributed by atoms with Crippen molar-refractivity contribution in [2.75, 3.05) is 5.75 Å². The predicted octanol–water partition coefficient (Wildman–Crippen LogP) is 0.583. The number of carbonyl (C=O) groups excluding carboxylic acids is 1. The molecule has 2 unspecified atom stereocenters. The molecule has 0 bridgehead atoms. The Kier molecular flexibility index (Phi) is 4.08. The Morgan fingerprint density at radius 2 is 2.32 bits per heavy atom. The Bertz CT molecular complexity index is 490. The molecule has 0 radical (unpaired) electrons. The Labute approximate surface area is 115 Å². The van der Waals surface area contributed by atoms with Gasteiger partial charge in [0, 0.05) is 12.8 Å². The van der Waals surface area contributed by atoms with Crippen molar-refractivity contribution >= 4 is 23.6 Å². The lowest BCUT2D eigenvalue weighted by molar-refractivity contribution is -0.141. The Morgan fingerprint density at radius 3 is 2.84 bits per heavy atom. The van der Waals surface area contributed by atoms with E-state index in [1.807, 2.05) is 6.92 Å². The molecule has 104 valence electrons. The zero-order valence-corrected chi connectivity index (χ0v) is 11.6. The van der Waals surface area contributed by atoms with Crippen LogP contribution in [0.4, 0.5) is 0 Å². The molecule has 2 atom stereocenters. The molecule has 2 heterocycles. The molecule has 0 aliphatic carbocycles. The van der Waals surface area contributed by atoms with Gasteiger partial charge in [0.1, 0.15) is 6.04 Å². The molecule has 1 aromatic rings. The van der Waals surface area contributed by atoms with E-state index in [9.17, 15) is 14.7 Å². The van der Waals surface area contributed by atoms with Crippen LogP contribution in [0.3, 0.4) is 0 Å². The number of nitrogens with zero attached hydrogens (tertiary/aromatic N) is 4. The van der Waals surface area contributed by atoms with Crippen molar-refractivity contribution in [3.63, 3.8) is 0 Å². The Morgan fingerprint density at radius 1 is 1.58 bits per heavy atom. The monoisotopic (exact) mass is 284 g/mol. The van der Waals surface area contributed by atoms with Crippen molar-refractivity contribution < 1.29 is 14.7 Å². The van der Waals surface area contributed by atoms with Crippen LogP contribution in [-0.2, 0) is 11.8 Å². The van der Waals surface area contributed by atoms with Crippen molar-refractivity contribution in [2.45, 2.75) is 31.2 Å². The van der Waals surface area contributed by atoms with Crippen LogP contribution in [-0.4, -0.2) is 54.0 Å². The van der Waals surface area contributed by atoms with Gasteiger partial charge in [0.05, 0.1) is 11.6 Å². The van der Waals surface area contributed by atoms with E-state index in [0.29, 0.717) is 5.75 Å². The van der Waals surface area contributed by atoms with Crippen molar-refractivity contribution in [2.24, 2.45) is 7.05 Å². The minimum Gasteiger partial charge on any atom is -0.480 e. The predicted molar refractivity (Wildman–Crippen MR) is 69.8 cm³/mol. The van der Waals surface area contributed by atoms with E-state index in [-0.39, 0.29) is 17.0 Å². The van der Waals surface area contributed by atoms with Gasteiger partial charge < -0.3 is 10.0 Å². The molecule has 1 aliphatic rings. The van der Waals surface area contributed by atoms with Gasteiger partial charge in [-0.2, -0.15) is 0 Å². The summed E-state index contributed by atoms with van der Waals surface area (Å²) < 4.78 is 1.43. The summed E-state index contributed by atoms with van der Waals surface area (Å²) in [4.78, 5) is 25.1. The largest absolute Gasteiger partial charge is 0.480 e. The summed E-state index contributed by atoms with van der Waals surface area (Å²) in [7, 11) is 1.67. The molecule has 1 saturated heterocycles. The van der Waals surface area contributed by atoms with Gasteiger partial charge in [-0.25, -0.2) is 4.79 Å². The Hall–Kier alpha value is -1.57. The van der Waals surface area contributed by atoms with E-state index in [2.05, 4.69) is 10.3 Å². The number of hydrogen-bond donors (Lipinski definition) is 1. The fourth-order valence-electron chi connectivity index (χ4n) is 2.07. The van der Waals surface area contributed by atoms with Gasteiger partial charge in [0.25, 0.3) is 5.91 Å². The molecule has 8 heteroatoms. The van der Waals surface area contributed by atoms with E-state index in [4.69, 9.17) is 0 Å². The second kappa shape index (κ2) is 5.60. The quantitative estimate of drug-likeness (QED) is 0.870. The third-order valence-electron chi connectivity index (χ3n) is 2.97. The normalized spacial score (nSPS) is 22.7. The fourth-order valence-corrected chi connectivity index (χ4v) is 3.59. The van der Waals surface area contributed by atoms with Gasteiger partial charge in [0.2, 0.25) is 0 Å². The molecule has 7 nitrogen and oxygen atoms in total. The third-order valence-corrected chi connectivity index (χ3v) is 4.33. The number of aryl methyl sites for hydroxylation is 1. The van der Waals surface area contributed by atoms with Gasteiger partial charge in [-0.3, -0.25) is 9.48 Å². The standard InChI is InChI=1S/C11H16N4O3S/c1-3-4-9-15(8(6-19-9)11(17)18)10(16)7-5-14(2)13-12-7/h5,8-9H,3-4,6H2,1-2H3,(H,17,18). The van der Waals surface area contributed by atoms with Gasteiger partial charge in [0.15, 0.2) is 5.69 Å². The Balaban J connectivity index is 2.25. The minimum atomic E-state index is -0.969. The van der Waals surface area contributed by atoms with Crippen LogP contribution >= 0.6 is 11.8 Å². The molecule has 1 N–H and O–H groups in total. The summed E-state index contributed by atoms with van der Waals surface area (Å²) in [5.74, 6) is -0.904. The molecular weight excluding hydrogens is 268 g/mol. The lowest BCUT2D eigenvalue weighted by Crippen LogP contribution is -2.45. The maximum atomic E-state index is 12.4. The van der Waals surface area contributed by atoms with Crippen LogP contribution in [0.1, 0.15) is 30.3 Å². The SMILES string of the molecule is CCCC1SCC(C(=O)O)N1C(=O)c1cn(C)nn1. The smallest absolute Gasteiger partial charge is 0.327 e. The van der Waals surface area contributed by atoms with Gasteiger partial charge in [-0.15, -0.1) is 16.9 Å². The second-order valence-electron chi connectivity index (χ2n) is 4.42. The van der Waals surface area contributed by atoms with Gasteiger partial charge >= 0.3 is 5.97 Å². The van der Waals surface area contributed by atoms with Crippen LogP contribution in [0.2, 0.25) is 0 Å². The molecule has 0 aromatic carbocycles. The van der Waals surface area contributed by atoms with Crippen LogP contribution in [0.25, 0.3) is 0 Å². The molecule has 1 fully saturated rings. The minimum absolute atomic E-state index is 0.0967. The number of amides is 1. The van der Waals surface area contributed by atoms with Crippen LogP contribution < -0.4 is 0 Å². The lowest BCUT2D eigenvalue weighted by atomic mass is 10.2. The van der Waals surface area contributed by atoms with Crippen molar-refractivity contribution in [3.05, 3.63) is 11.9 Å². The highest BCUT2D eigenvalue weighted by Gasteiger charge is 2.42. The summed E-state index contributed by atoms with van der Waals surface area (Å²) >= 11 is 1.51. The first-order valence-electron chi connectivity index (χ1n) is 6.08. The highest BCUT2D eigenvalue weighted by atomic mass is 32.2. The maximum absolute atomic E-state index is 12.4. The molecular formula is C11H16N4O3S. The number of rotatable bonds is 4. The van der Waals surface area contributed by atoms with Crippen molar-refractivity contribution in [1.29, 1.82) is 0 Å². The van der Waals surface area contributed by atoms with Crippen molar-refractivity contribution in [1.82, 2.24) is 19.9 Å². The highest BCUT2D eigenvalue weighted by molar-refractivity contribution is 8.00. The second-order valence-corrected chi connectivity index (χ2v) is 5.63. The maximum Gasteiger partial charge on any atom is 0.327 e. The summed E-state index contributed by atoms with van der Waals surface area (Å²) in [6.07, 6.45) is 3.18. The molecule has 0 spiro atoms. The average Bonchev–Trinajstić information content (AvgIpc) is 2.95. The molecule has 19 heavy (non-hydrogen) atoms. The first-order chi connectivity index (χ1) is 9.04.